The van der Waals surface area contributed by atoms with Crippen LogP contribution in [-0.2, 0) is 6.54 Å². The molecule has 0 aliphatic heterocycles. The molecule has 1 fully saturated rings. The molecular weight excluding hydrogens is 284 g/mol. The maximum absolute atomic E-state index is 10.7. The number of anilines is 1. The van der Waals surface area contributed by atoms with E-state index in [1.807, 2.05) is 16.9 Å². The third kappa shape index (κ3) is 2.88. The summed E-state index contributed by atoms with van der Waals surface area (Å²) in [6.07, 6.45) is 5.44. The van der Waals surface area contributed by atoms with E-state index < -0.39 is 4.92 Å². The minimum atomic E-state index is -0.498. The molecule has 0 bridgehead atoms. The first-order chi connectivity index (χ1) is 10.7. The van der Waals surface area contributed by atoms with Gasteiger partial charge in [-0.2, -0.15) is 5.26 Å². The monoisotopic (exact) mass is 298 g/mol. The zero-order chi connectivity index (χ0) is 15.5. The Labute approximate surface area is 126 Å². The van der Waals surface area contributed by atoms with Gasteiger partial charge in [-0.3, -0.25) is 14.8 Å². The minimum Gasteiger partial charge on any atom is -0.381 e. The predicted molar refractivity (Wildman–Crippen MR) is 78.0 cm³/mol. The Morgan fingerprint density at radius 2 is 2.32 bits per heavy atom. The van der Waals surface area contributed by atoms with E-state index in [0.717, 1.165) is 19.4 Å². The van der Waals surface area contributed by atoms with Crippen LogP contribution in [0.2, 0.25) is 0 Å². The van der Waals surface area contributed by atoms with Crippen molar-refractivity contribution < 1.29 is 4.92 Å². The van der Waals surface area contributed by atoms with Gasteiger partial charge in [0, 0.05) is 30.9 Å². The van der Waals surface area contributed by atoms with E-state index in [9.17, 15) is 10.1 Å². The first-order valence-electron chi connectivity index (χ1n) is 6.95. The molecule has 3 rings (SSSR count). The highest BCUT2D eigenvalue weighted by Crippen LogP contribution is 2.32. The molecule has 1 aliphatic rings. The van der Waals surface area contributed by atoms with Crippen LogP contribution < -0.4 is 5.32 Å². The molecule has 1 N–H and O–H groups in total. The Bertz CT molecular complexity index is 715. The summed E-state index contributed by atoms with van der Waals surface area (Å²) in [6, 6.07) is 6.59. The lowest BCUT2D eigenvalue weighted by Crippen LogP contribution is -2.37. The van der Waals surface area contributed by atoms with Crippen molar-refractivity contribution in [3.8, 4) is 6.07 Å². The SMILES string of the molecule is N#Cc1cc([N+](=O)[O-])ccc1NC1CC(Cn2ccnn2)C1. The normalized spacial score (nSPS) is 20.0. The zero-order valence-corrected chi connectivity index (χ0v) is 11.7. The van der Waals surface area contributed by atoms with E-state index in [1.165, 1.54) is 12.1 Å². The largest absolute Gasteiger partial charge is 0.381 e. The van der Waals surface area contributed by atoms with Crippen molar-refractivity contribution in [2.24, 2.45) is 5.92 Å². The van der Waals surface area contributed by atoms with Crippen molar-refractivity contribution in [2.75, 3.05) is 5.32 Å². The quantitative estimate of drug-likeness (QED) is 0.667. The van der Waals surface area contributed by atoms with Crippen LogP contribution >= 0.6 is 0 Å². The zero-order valence-electron chi connectivity index (χ0n) is 11.7. The maximum atomic E-state index is 10.7. The van der Waals surface area contributed by atoms with E-state index in [1.54, 1.807) is 12.3 Å². The number of nitrogens with zero attached hydrogens (tertiary/aromatic N) is 5. The number of benzene rings is 1. The van der Waals surface area contributed by atoms with Crippen molar-refractivity contribution in [3.05, 3.63) is 46.3 Å². The van der Waals surface area contributed by atoms with E-state index in [2.05, 4.69) is 15.6 Å². The molecule has 1 saturated carbocycles. The average molecular weight is 298 g/mol. The topological polar surface area (TPSA) is 110 Å². The van der Waals surface area contributed by atoms with Gasteiger partial charge in [-0.1, -0.05) is 5.21 Å². The molecule has 112 valence electrons. The van der Waals surface area contributed by atoms with E-state index in [-0.39, 0.29) is 11.7 Å². The fraction of sp³-hybridized carbons (Fsp3) is 0.357. The number of nitrogens with one attached hydrogen (secondary N) is 1. The first-order valence-corrected chi connectivity index (χ1v) is 6.95. The Morgan fingerprint density at radius 3 is 2.95 bits per heavy atom. The van der Waals surface area contributed by atoms with Crippen molar-refractivity contribution in [2.45, 2.75) is 25.4 Å². The lowest BCUT2D eigenvalue weighted by atomic mass is 9.80. The molecule has 0 saturated heterocycles. The Hall–Kier alpha value is -2.95. The van der Waals surface area contributed by atoms with Crippen LogP contribution in [0, 0.1) is 27.4 Å². The Morgan fingerprint density at radius 1 is 1.50 bits per heavy atom. The molecule has 0 radical (unpaired) electrons. The number of aromatic nitrogens is 3. The summed E-state index contributed by atoms with van der Waals surface area (Å²) < 4.78 is 1.81. The highest BCUT2D eigenvalue weighted by atomic mass is 16.6. The highest BCUT2D eigenvalue weighted by Gasteiger charge is 2.30. The third-order valence-corrected chi connectivity index (χ3v) is 3.85. The summed E-state index contributed by atoms with van der Waals surface area (Å²) in [6.45, 7) is 0.837. The van der Waals surface area contributed by atoms with E-state index in [4.69, 9.17) is 5.26 Å². The Balaban J connectivity index is 1.59. The molecule has 0 amide bonds. The molecule has 22 heavy (non-hydrogen) atoms. The van der Waals surface area contributed by atoms with E-state index in [0.29, 0.717) is 17.2 Å². The Kier molecular flexibility index (Phi) is 3.70. The molecule has 0 spiro atoms. The molecule has 1 aromatic heterocycles. The van der Waals surface area contributed by atoms with Crippen molar-refractivity contribution in [1.29, 1.82) is 5.26 Å². The van der Waals surface area contributed by atoms with Gasteiger partial charge in [-0.05, 0) is 24.8 Å². The summed E-state index contributed by atoms with van der Waals surface area (Å²) in [7, 11) is 0. The smallest absolute Gasteiger partial charge is 0.270 e. The van der Waals surface area contributed by atoms with Crippen molar-refractivity contribution in [3.63, 3.8) is 0 Å². The molecule has 8 nitrogen and oxygen atoms in total. The fourth-order valence-electron chi connectivity index (χ4n) is 2.68. The third-order valence-electron chi connectivity index (χ3n) is 3.85. The lowest BCUT2D eigenvalue weighted by molar-refractivity contribution is -0.384. The number of hydrogen-bond acceptors (Lipinski definition) is 6. The molecule has 8 heteroatoms. The summed E-state index contributed by atoms with van der Waals surface area (Å²) in [5, 5.41) is 30.8. The van der Waals surface area contributed by atoms with Gasteiger partial charge >= 0.3 is 0 Å². The van der Waals surface area contributed by atoms with Crippen molar-refractivity contribution in [1.82, 2.24) is 15.0 Å². The second kappa shape index (κ2) is 5.81. The molecule has 2 aromatic rings. The first kappa shape index (κ1) is 14.0. The van der Waals surface area contributed by atoms with Crippen LogP contribution in [0.15, 0.2) is 30.6 Å². The number of nitriles is 1. The second-order valence-corrected chi connectivity index (χ2v) is 5.40. The molecule has 1 heterocycles. The minimum absolute atomic E-state index is 0.0697. The molecule has 0 unspecified atom stereocenters. The van der Waals surface area contributed by atoms with Crippen LogP contribution in [0.1, 0.15) is 18.4 Å². The van der Waals surface area contributed by atoms with Crippen molar-refractivity contribution >= 4 is 11.4 Å². The van der Waals surface area contributed by atoms with Gasteiger partial charge in [-0.15, -0.1) is 5.10 Å². The van der Waals surface area contributed by atoms with Crippen LogP contribution in [0.4, 0.5) is 11.4 Å². The van der Waals surface area contributed by atoms with Crippen LogP contribution in [-0.4, -0.2) is 26.0 Å². The maximum Gasteiger partial charge on any atom is 0.270 e. The molecule has 1 aromatic carbocycles. The lowest BCUT2D eigenvalue weighted by Gasteiger charge is -2.36. The van der Waals surface area contributed by atoms with Gasteiger partial charge in [0.15, 0.2) is 0 Å². The number of nitro groups is 1. The van der Waals surface area contributed by atoms with Crippen LogP contribution in [0.3, 0.4) is 0 Å². The second-order valence-electron chi connectivity index (χ2n) is 5.40. The van der Waals surface area contributed by atoms with Gasteiger partial charge in [0.2, 0.25) is 0 Å². The summed E-state index contributed by atoms with van der Waals surface area (Å²) in [5.74, 6) is 0.530. The summed E-state index contributed by atoms with van der Waals surface area (Å²) >= 11 is 0. The van der Waals surface area contributed by atoms with Gasteiger partial charge in [-0.25, -0.2) is 0 Å². The molecule has 1 aliphatic carbocycles. The van der Waals surface area contributed by atoms with Gasteiger partial charge in [0.25, 0.3) is 5.69 Å². The fourth-order valence-corrected chi connectivity index (χ4v) is 2.68. The van der Waals surface area contributed by atoms with Gasteiger partial charge in [0.1, 0.15) is 6.07 Å². The number of rotatable bonds is 5. The van der Waals surface area contributed by atoms with Crippen LogP contribution in [0.5, 0.6) is 0 Å². The summed E-state index contributed by atoms with van der Waals surface area (Å²) in [5.41, 5.74) is 0.881. The van der Waals surface area contributed by atoms with Crippen LogP contribution in [0.25, 0.3) is 0 Å². The van der Waals surface area contributed by atoms with Gasteiger partial charge in [0.05, 0.1) is 22.4 Å². The molecular formula is C14H14N6O2. The van der Waals surface area contributed by atoms with E-state index >= 15 is 0 Å². The highest BCUT2D eigenvalue weighted by molar-refractivity contribution is 5.61. The number of non-ortho nitro benzene ring substituents is 1. The predicted octanol–water partition coefficient (Wildman–Crippen LogP) is 1.95. The standard InChI is InChI=1S/C14H14N6O2/c15-8-11-7-13(20(21)22)1-2-14(11)17-12-5-10(6-12)9-19-4-3-16-18-19/h1-4,7,10,12,17H,5-6,9H2. The molecule has 0 atom stereocenters. The average Bonchev–Trinajstić information content (AvgIpc) is 2.98. The van der Waals surface area contributed by atoms with Gasteiger partial charge < -0.3 is 5.32 Å². The number of nitro benzene ring substituents is 1. The number of hydrogen-bond donors (Lipinski definition) is 1. The summed E-state index contributed by atoms with van der Waals surface area (Å²) in [4.78, 5) is 10.2.